The van der Waals surface area contributed by atoms with Crippen LogP contribution in [0.2, 0.25) is 0 Å². The van der Waals surface area contributed by atoms with Crippen LogP contribution in [-0.4, -0.2) is 48.8 Å². The Morgan fingerprint density at radius 3 is 2.11 bits per heavy atom. The summed E-state index contributed by atoms with van der Waals surface area (Å²) in [5.74, 6) is -2.86. The number of ether oxygens (including phenoxy) is 2. The Hall–Kier alpha value is -2.84. The van der Waals surface area contributed by atoms with Crippen LogP contribution in [0.4, 0.5) is 13.6 Å². The van der Waals surface area contributed by atoms with Crippen LogP contribution in [0.3, 0.4) is 0 Å². The molecule has 28 heavy (non-hydrogen) atoms. The van der Waals surface area contributed by atoms with Gasteiger partial charge in [0.1, 0.15) is 11.6 Å². The van der Waals surface area contributed by atoms with Crippen LogP contribution in [-0.2, 0) is 25.5 Å². The van der Waals surface area contributed by atoms with E-state index < -0.39 is 48.1 Å². The Morgan fingerprint density at radius 2 is 1.64 bits per heavy atom. The smallest absolute Gasteiger partial charge is 0.408 e. The minimum absolute atomic E-state index is 0.0519. The second-order valence-electron chi connectivity index (χ2n) is 6.99. The van der Waals surface area contributed by atoms with E-state index in [1.54, 1.807) is 20.8 Å². The number of carbonyl (C=O) groups excluding carboxylic acids is 4. The predicted molar refractivity (Wildman–Crippen MR) is 95.3 cm³/mol. The van der Waals surface area contributed by atoms with Crippen molar-refractivity contribution in [3.8, 4) is 0 Å². The number of alkyl carbamates (subject to hydrolysis) is 1. The summed E-state index contributed by atoms with van der Waals surface area (Å²) >= 11 is 0. The number of benzene rings is 1. The quantitative estimate of drug-likeness (QED) is 0.410. The molecule has 0 bridgehead atoms. The third-order valence-corrected chi connectivity index (χ3v) is 3.47. The number of carbonyl (C=O) groups is 4. The van der Waals surface area contributed by atoms with Gasteiger partial charge in [-0.3, -0.25) is 9.59 Å². The fourth-order valence-electron chi connectivity index (χ4n) is 2.19. The van der Waals surface area contributed by atoms with Gasteiger partial charge in [-0.05, 0) is 26.3 Å². The van der Waals surface area contributed by atoms with E-state index in [-0.39, 0.29) is 12.0 Å². The Balaban J connectivity index is 2.81. The minimum atomic E-state index is -3.19. The number of rotatable bonds is 8. The van der Waals surface area contributed by atoms with Crippen LogP contribution in [0.5, 0.6) is 0 Å². The molecule has 0 aromatic heterocycles. The predicted octanol–water partition coefficient (Wildman–Crippen LogP) is 2.70. The standard InChI is InChI=1S/C19H23F2NO6/c1-19(2,3)28-18(26)22-13(17(25)27-4)9-11-5-7-12(8-6-11)14(23)10-15(24)16(20)21/h5-8,13,16H,9-10H2,1-4H3,(H,22,26). The number of nitrogens with one attached hydrogen (secondary N) is 1. The number of halogens is 2. The van der Waals surface area contributed by atoms with Crippen molar-refractivity contribution in [2.75, 3.05) is 7.11 Å². The van der Waals surface area contributed by atoms with E-state index in [4.69, 9.17) is 4.74 Å². The number of hydrogen-bond donors (Lipinski definition) is 1. The molecule has 0 aliphatic carbocycles. The van der Waals surface area contributed by atoms with Gasteiger partial charge in [0.05, 0.1) is 13.5 Å². The number of amides is 1. The molecular formula is C19H23F2NO6. The second kappa shape index (κ2) is 9.91. The van der Waals surface area contributed by atoms with E-state index in [1.165, 1.54) is 31.4 Å². The first-order chi connectivity index (χ1) is 12.9. The lowest BCUT2D eigenvalue weighted by Crippen LogP contribution is -2.45. The lowest BCUT2D eigenvalue weighted by Gasteiger charge is -2.22. The van der Waals surface area contributed by atoms with Gasteiger partial charge < -0.3 is 14.8 Å². The molecule has 0 heterocycles. The van der Waals surface area contributed by atoms with Crippen molar-refractivity contribution in [2.24, 2.45) is 0 Å². The van der Waals surface area contributed by atoms with Gasteiger partial charge >= 0.3 is 12.1 Å². The fourth-order valence-corrected chi connectivity index (χ4v) is 2.19. The summed E-state index contributed by atoms with van der Waals surface area (Å²) in [7, 11) is 1.17. The Labute approximate surface area is 161 Å². The van der Waals surface area contributed by atoms with Crippen LogP contribution >= 0.6 is 0 Å². The third-order valence-electron chi connectivity index (χ3n) is 3.47. The molecule has 154 valence electrons. The molecule has 1 N–H and O–H groups in total. The first-order valence-corrected chi connectivity index (χ1v) is 8.43. The molecule has 1 rings (SSSR count). The van der Waals surface area contributed by atoms with E-state index in [1.807, 2.05) is 0 Å². The summed E-state index contributed by atoms with van der Waals surface area (Å²) < 4.78 is 34.3. The van der Waals surface area contributed by atoms with Crippen LogP contribution in [0.1, 0.15) is 43.1 Å². The molecule has 0 saturated heterocycles. The van der Waals surface area contributed by atoms with E-state index in [0.717, 1.165) is 0 Å². The van der Waals surface area contributed by atoms with Gasteiger partial charge in [-0.15, -0.1) is 0 Å². The first kappa shape index (κ1) is 23.2. The first-order valence-electron chi connectivity index (χ1n) is 8.43. The number of ketones is 2. The Bertz CT molecular complexity index is 725. The number of alkyl halides is 2. The highest BCUT2D eigenvalue weighted by molar-refractivity contribution is 6.08. The second-order valence-corrected chi connectivity index (χ2v) is 6.99. The molecule has 0 radical (unpaired) electrons. The van der Waals surface area contributed by atoms with E-state index in [0.29, 0.717) is 5.56 Å². The van der Waals surface area contributed by atoms with E-state index in [2.05, 4.69) is 10.1 Å². The number of Topliss-reactive ketones (excluding diaryl/α,β-unsaturated/α-hetero) is 2. The van der Waals surface area contributed by atoms with Crippen molar-refractivity contribution in [2.45, 2.75) is 51.7 Å². The molecule has 9 heteroatoms. The van der Waals surface area contributed by atoms with Gasteiger partial charge in [0.2, 0.25) is 5.78 Å². The zero-order chi connectivity index (χ0) is 21.5. The maximum absolute atomic E-state index is 12.2. The maximum Gasteiger partial charge on any atom is 0.408 e. The molecule has 0 aliphatic rings. The van der Waals surface area contributed by atoms with Gasteiger partial charge in [-0.25, -0.2) is 18.4 Å². The molecule has 0 saturated carbocycles. The highest BCUT2D eigenvalue weighted by Crippen LogP contribution is 2.12. The molecule has 1 aromatic rings. The topological polar surface area (TPSA) is 98.8 Å². The highest BCUT2D eigenvalue weighted by atomic mass is 19.3. The summed E-state index contributed by atoms with van der Waals surface area (Å²) in [4.78, 5) is 46.6. The average Bonchev–Trinajstić information content (AvgIpc) is 2.59. The number of methoxy groups -OCH3 is 1. The van der Waals surface area contributed by atoms with Crippen LogP contribution < -0.4 is 5.32 Å². The zero-order valence-electron chi connectivity index (χ0n) is 16.1. The normalized spacial score (nSPS) is 12.2. The van der Waals surface area contributed by atoms with Gasteiger partial charge in [0, 0.05) is 12.0 Å². The van der Waals surface area contributed by atoms with E-state index >= 15 is 0 Å². The molecule has 0 fully saturated rings. The summed E-state index contributed by atoms with van der Waals surface area (Å²) in [6.45, 7) is 5.02. The van der Waals surface area contributed by atoms with Crippen LogP contribution in [0.25, 0.3) is 0 Å². The van der Waals surface area contributed by atoms with Crippen LogP contribution in [0.15, 0.2) is 24.3 Å². The summed E-state index contributed by atoms with van der Waals surface area (Å²) in [6.07, 6.45) is -4.82. The maximum atomic E-state index is 12.2. The van der Waals surface area contributed by atoms with Gasteiger partial charge in [-0.1, -0.05) is 24.3 Å². The Morgan fingerprint density at radius 1 is 1.07 bits per heavy atom. The largest absolute Gasteiger partial charge is 0.467 e. The van der Waals surface area contributed by atoms with Crippen molar-refractivity contribution in [3.05, 3.63) is 35.4 Å². The zero-order valence-corrected chi connectivity index (χ0v) is 16.1. The van der Waals surface area contributed by atoms with Gasteiger partial charge in [0.25, 0.3) is 6.43 Å². The van der Waals surface area contributed by atoms with Crippen molar-refractivity contribution >= 4 is 23.6 Å². The average molecular weight is 399 g/mol. The number of hydrogen-bond acceptors (Lipinski definition) is 6. The van der Waals surface area contributed by atoms with Crippen molar-refractivity contribution in [1.29, 1.82) is 0 Å². The molecule has 0 aliphatic heterocycles. The lowest BCUT2D eigenvalue weighted by atomic mass is 10.0. The number of esters is 1. The third kappa shape index (κ3) is 7.81. The Kier molecular flexibility index (Phi) is 8.21. The highest BCUT2D eigenvalue weighted by Gasteiger charge is 2.25. The summed E-state index contributed by atoms with van der Waals surface area (Å²) in [6, 6.07) is 4.68. The molecule has 7 nitrogen and oxygen atoms in total. The lowest BCUT2D eigenvalue weighted by molar-refractivity contribution is -0.143. The van der Waals surface area contributed by atoms with Crippen molar-refractivity contribution < 1.29 is 37.4 Å². The SMILES string of the molecule is COC(=O)C(Cc1ccc(C(=O)CC(=O)C(F)F)cc1)NC(=O)OC(C)(C)C. The molecule has 1 unspecified atom stereocenters. The fraction of sp³-hybridized carbons (Fsp3) is 0.474. The van der Waals surface area contributed by atoms with E-state index in [9.17, 15) is 28.0 Å². The van der Waals surface area contributed by atoms with Crippen molar-refractivity contribution in [3.63, 3.8) is 0 Å². The van der Waals surface area contributed by atoms with Gasteiger partial charge in [-0.2, -0.15) is 0 Å². The summed E-state index contributed by atoms with van der Waals surface area (Å²) in [5, 5.41) is 2.42. The van der Waals surface area contributed by atoms with Gasteiger partial charge in [0.15, 0.2) is 5.78 Å². The molecule has 1 atom stereocenters. The molecule has 1 aromatic carbocycles. The van der Waals surface area contributed by atoms with Crippen molar-refractivity contribution in [1.82, 2.24) is 5.32 Å². The molecule has 0 spiro atoms. The molecular weight excluding hydrogens is 376 g/mol. The minimum Gasteiger partial charge on any atom is -0.467 e. The molecule has 1 amide bonds. The van der Waals surface area contributed by atoms with Crippen LogP contribution in [0, 0.1) is 0 Å². The summed E-state index contributed by atoms with van der Waals surface area (Å²) in [5.41, 5.74) is -0.0849. The monoisotopic (exact) mass is 399 g/mol.